The molecule has 2 heterocycles. The molecule has 1 N–H and O–H groups in total. The first-order valence-electron chi connectivity index (χ1n) is 10.6. The number of para-hydroxylation sites is 1. The largest absolute Gasteiger partial charge is 0.497 e. The van der Waals surface area contributed by atoms with Crippen molar-refractivity contribution in [1.82, 2.24) is 9.63 Å². The van der Waals surface area contributed by atoms with Crippen molar-refractivity contribution in [2.75, 3.05) is 33.4 Å². The van der Waals surface area contributed by atoms with Crippen molar-refractivity contribution in [3.8, 4) is 17.0 Å². The van der Waals surface area contributed by atoms with E-state index in [4.69, 9.17) is 9.47 Å². The van der Waals surface area contributed by atoms with E-state index >= 15 is 0 Å². The van der Waals surface area contributed by atoms with Gasteiger partial charge in [0.25, 0.3) is 0 Å². The molecule has 158 valence electrons. The molecule has 0 amide bonds. The fourth-order valence-corrected chi connectivity index (χ4v) is 4.61. The minimum atomic E-state index is -0.0486. The van der Waals surface area contributed by atoms with Gasteiger partial charge < -0.3 is 14.7 Å². The maximum absolute atomic E-state index is 11.3. The van der Waals surface area contributed by atoms with E-state index < -0.39 is 0 Å². The van der Waals surface area contributed by atoms with Gasteiger partial charge in [0, 0.05) is 29.6 Å². The molecule has 1 saturated heterocycles. The van der Waals surface area contributed by atoms with Crippen molar-refractivity contribution in [2.45, 2.75) is 6.04 Å². The minimum Gasteiger partial charge on any atom is -0.497 e. The first-order chi connectivity index (χ1) is 15.3. The van der Waals surface area contributed by atoms with Crippen LogP contribution in [-0.4, -0.2) is 48.3 Å². The number of ether oxygens (including phenoxy) is 2. The van der Waals surface area contributed by atoms with Gasteiger partial charge in [0.1, 0.15) is 5.75 Å². The molecule has 3 aromatic carbocycles. The Kier molecular flexibility index (Phi) is 5.37. The summed E-state index contributed by atoms with van der Waals surface area (Å²) in [7, 11) is 1.69. The van der Waals surface area contributed by atoms with Gasteiger partial charge in [-0.2, -0.15) is 4.73 Å². The Hall–Kier alpha value is -3.28. The van der Waals surface area contributed by atoms with Crippen molar-refractivity contribution < 1.29 is 14.7 Å². The van der Waals surface area contributed by atoms with E-state index in [-0.39, 0.29) is 6.04 Å². The fraction of sp³-hybridized carbons (Fsp3) is 0.231. The molecule has 5 nitrogen and oxygen atoms in total. The second-order valence-electron chi connectivity index (χ2n) is 7.78. The topological polar surface area (TPSA) is 46.9 Å². The Morgan fingerprint density at radius 3 is 2.42 bits per heavy atom. The summed E-state index contributed by atoms with van der Waals surface area (Å²) < 4.78 is 12.5. The zero-order chi connectivity index (χ0) is 21.2. The Balaban J connectivity index is 1.80. The van der Waals surface area contributed by atoms with Crippen molar-refractivity contribution in [3.63, 3.8) is 0 Å². The summed E-state index contributed by atoms with van der Waals surface area (Å²) in [5.74, 6) is 0.824. The Morgan fingerprint density at radius 1 is 0.903 bits per heavy atom. The molecule has 1 aromatic heterocycles. The zero-order valence-corrected chi connectivity index (χ0v) is 17.6. The molecular formula is C26H26N2O3. The first-order valence-corrected chi connectivity index (χ1v) is 10.6. The lowest BCUT2D eigenvalue weighted by atomic mass is 9.92. The molecule has 0 spiro atoms. The van der Waals surface area contributed by atoms with Gasteiger partial charge in [-0.05, 0) is 23.8 Å². The molecule has 1 aliphatic heterocycles. The molecule has 0 bridgehead atoms. The van der Waals surface area contributed by atoms with Crippen LogP contribution in [0.25, 0.3) is 22.2 Å². The molecule has 0 unspecified atom stereocenters. The maximum Gasteiger partial charge on any atom is 0.119 e. The standard InChI is InChI=1S/C26H26N2O3/c1-30-21-11-7-10-20(18-21)25(27-14-16-31-17-15-27)24-22-12-5-6-13-23(22)28(29)26(24)19-8-3-2-4-9-19/h2-13,18,25,29H,14-17H2,1H3/t25-/m1/s1. The summed E-state index contributed by atoms with van der Waals surface area (Å²) in [5, 5.41) is 12.3. The molecular weight excluding hydrogens is 388 g/mol. The third kappa shape index (κ3) is 3.56. The van der Waals surface area contributed by atoms with Crippen LogP contribution in [0.5, 0.6) is 5.75 Å². The second-order valence-corrected chi connectivity index (χ2v) is 7.78. The van der Waals surface area contributed by atoms with E-state index in [1.165, 1.54) is 4.73 Å². The van der Waals surface area contributed by atoms with Crippen molar-refractivity contribution in [3.05, 3.63) is 90.0 Å². The smallest absolute Gasteiger partial charge is 0.119 e. The summed E-state index contributed by atoms with van der Waals surface area (Å²) in [6, 6.07) is 26.3. The fourth-order valence-electron chi connectivity index (χ4n) is 4.61. The first kappa shape index (κ1) is 19.7. The Morgan fingerprint density at radius 2 is 1.65 bits per heavy atom. The SMILES string of the molecule is COc1cccc([C@H](c2c(-c3ccccc3)n(O)c3ccccc23)N2CCOCC2)c1. The number of nitrogens with zero attached hydrogens (tertiary/aromatic N) is 2. The number of hydrogen-bond donors (Lipinski definition) is 1. The van der Waals surface area contributed by atoms with Crippen LogP contribution < -0.4 is 4.74 Å². The molecule has 4 aromatic rings. The van der Waals surface area contributed by atoms with Gasteiger partial charge >= 0.3 is 0 Å². The number of rotatable bonds is 5. The van der Waals surface area contributed by atoms with Gasteiger partial charge in [-0.3, -0.25) is 4.90 Å². The molecule has 0 radical (unpaired) electrons. The monoisotopic (exact) mass is 414 g/mol. The van der Waals surface area contributed by atoms with Crippen LogP contribution in [0.4, 0.5) is 0 Å². The van der Waals surface area contributed by atoms with Crippen LogP contribution in [0, 0.1) is 0 Å². The van der Waals surface area contributed by atoms with Crippen LogP contribution >= 0.6 is 0 Å². The average molecular weight is 415 g/mol. The molecule has 0 saturated carbocycles. The average Bonchev–Trinajstić information content (AvgIpc) is 3.13. The lowest BCUT2D eigenvalue weighted by Crippen LogP contribution is -2.39. The lowest BCUT2D eigenvalue weighted by Gasteiger charge is -2.35. The Labute approximate surface area is 182 Å². The van der Waals surface area contributed by atoms with Crippen molar-refractivity contribution in [1.29, 1.82) is 0 Å². The second kappa shape index (κ2) is 8.46. The molecule has 31 heavy (non-hydrogen) atoms. The van der Waals surface area contributed by atoms with Crippen LogP contribution in [0.2, 0.25) is 0 Å². The van der Waals surface area contributed by atoms with Gasteiger partial charge in [0.2, 0.25) is 0 Å². The van der Waals surface area contributed by atoms with Gasteiger partial charge in [0.15, 0.2) is 0 Å². The van der Waals surface area contributed by atoms with Crippen LogP contribution in [0.1, 0.15) is 17.2 Å². The van der Waals surface area contributed by atoms with E-state index in [0.717, 1.165) is 52.1 Å². The number of benzene rings is 3. The Bertz CT molecular complexity index is 1180. The minimum absolute atomic E-state index is 0.0486. The predicted molar refractivity (Wildman–Crippen MR) is 122 cm³/mol. The number of fused-ring (bicyclic) bond motifs is 1. The third-order valence-electron chi connectivity index (χ3n) is 6.03. The van der Waals surface area contributed by atoms with Crippen molar-refractivity contribution >= 4 is 10.9 Å². The van der Waals surface area contributed by atoms with E-state index in [1.807, 2.05) is 60.7 Å². The highest BCUT2D eigenvalue weighted by Crippen LogP contribution is 2.42. The summed E-state index contributed by atoms with van der Waals surface area (Å²) in [5.41, 5.74) is 4.84. The number of methoxy groups -OCH3 is 1. The summed E-state index contributed by atoms with van der Waals surface area (Å²) in [6.07, 6.45) is 0. The molecule has 1 atom stereocenters. The molecule has 1 aliphatic rings. The third-order valence-corrected chi connectivity index (χ3v) is 6.03. The van der Waals surface area contributed by atoms with Crippen LogP contribution in [0.15, 0.2) is 78.9 Å². The van der Waals surface area contributed by atoms with E-state index in [0.29, 0.717) is 13.2 Å². The van der Waals surface area contributed by atoms with Gasteiger partial charge in [-0.25, -0.2) is 0 Å². The number of aromatic nitrogens is 1. The van der Waals surface area contributed by atoms with Gasteiger partial charge in [0.05, 0.1) is 37.6 Å². The molecule has 1 fully saturated rings. The lowest BCUT2D eigenvalue weighted by molar-refractivity contribution is 0.0241. The van der Waals surface area contributed by atoms with Gasteiger partial charge in [-0.1, -0.05) is 60.7 Å². The predicted octanol–water partition coefficient (Wildman–Crippen LogP) is 4.98. The summed E-state index contributed by atoms with van der Waals surface area (Å²) >= 11 is 0. The van der Waals surface area contributed by atoms with Crippen LogP contribution in [0.3, 0.4) is 0 Å². The van der Waals surface area contributed by atoms with E-state index in [1.54, 1.807) is 7.11 Å². The normalized spacial score (nSPS) is 15.8. The number of hydrogen-bond acceptors (Lipinski definition) is 4. The number of morpholine rings is 1. The summed E-state index contributed by atoms with van der Waals surface area (Å²) in [6.45, 7) is 3.03. The maximum atomic E-state index is 11.3. The summed E-state index contributed by atoms with van der Waals surface area (Å²) in [4.78, 5) is 2.44. The molecule has 5 heteroatoms. The van der Waals surface area contributed by atoms with Crippen LogP contribution in [-0.2, 0) is 4.74 Å². The van der Waals surface area contributed by atoms with E-state index in [9.17, 15) is 5.21 Å². The highest BCUT2D eigenvalue weighted by atomic mass is 16.5. The highest BCUT2D eigenvalue weighted by molar-refractivity contribution is 5.92. The van der Waals surface area contributed by atoms with Crippen molar-refractivity contribution in [2.24, 2.45) is 0 Å². The van der Waals surface area contributed by atoms with Gasteiger partial charge in [-0.15, -0.1) is 0 Å². The quantitative estimate of drug-likeness (QED) is 0.468. The molecule has 0 aliphatic carbocycles. The molecule has 5 rings (SSSR count). The zero-order valence-electron chi connectivity index (χ0n) is 17.6. The highest BCUT2D eigenvalue weighted by Gasteiger charge is 2.31. The van der Waals surface area contributed by atoms with E-state index in [2.05, 4.69) is 23.1 Å².